The second-order valence-electron chi connectivity index (χ2n) is 7.42. The van der Waals surface area contributed by atoms with Gasteiger partial charge in [0.2, 0.25) is 5.76 Å². The summed E-state index contributed by atoms with van der Waals surface area (Å²) in [5.74, 6) is 0.449. The van der Waals surface area contributed by atoms with Crippen molar-refractivity contribution in [2.24, 2.45) is 0 Å². The van der Waals surface area contributed by atoms with Crippen molar-refractivity contribution < 1.29 is 14.1 Å². The summed E-state index contributed by atoms with van der Waals surface area (Å²) in [4.78, 5) is 19.0. The Labute approximate surface area is 159 Å². The lowest BCUT2D eigenvalue weighted by Crippen LogP contribution is -2.40. The van der Waals surface area contributed by atoms with E-state index in [9.17, 15) is 4.79 Å². The SMILES string of the molecule is O=C(NC1CCCOC1)c1cc(C2CCN(Cc3cccnc3)CC2)no1. The number of amides is 1. The molecular formula is C20H26N4O3. The van der Waals surface area contributed by atoms with Gasteiger partial charge >= 0.3 is 0 Å². The Morgan fingerprint density at radius 3 is 2.93 bits per heavy atom. The number of pyridine rings is 1. The number of rotatable bonds is 5. The number of nitrogens with zero attached hydrogens (tertiary/aromatic N) is 3. The quantitative estimate of drug-likeness (QED) is 0.870. The number of carbonyl (C=O) groups excluding carboxylic acids is 1. The third-order valence-corrected chi connectivity index (χ3v) is 5.38. The maximum Gasteiger partial charge on any atom is 0.290 e. The van der Waals surface area contributed by atoms with Crippen LogP contribution in [-0.4, -0.2) is 53.3 Å². The number of aromatic nitrogens is 2. The Morgan fingerprint density at radius 2 is 2.19 bits per heavy atom. The van der Waals surface area contributed by atoms with Crippen LogP contribution in [0.5, 0.6) is 0 Å². The Hall–Kier alpha value is -2.25. The summed E-state index contributed by atoms with van der Waals surface area (Å²) in [6.07, 6.45) is 7.68. The average Bonchev–Trinajstić information content (AvgIpc) is 3.21. The first-order chi connectivity index (χ1) is 13.3. The molecule has 27 heavy (non-hydrogen) atoms. The van der Waals surface area contributed by atoms with Gasteiger partial charge in [0, 0.05) is 37.5 Å². The van der Waals surface area contributed by atoms with Crippen LogP contribution in [0, 0.1) is 0 Å². The van der Waals surface area contributed by atoms with Crippen molar-refractivity contribution in [3.63, 3.8) is 0 Å². The second kappa shape index (κ2) is 8.63. The summed E-state index contributed by atoms with van der Waals surface area (Å²) in [6, 6.07) is 5.96. The van der Waals surface area contributed by atoms with Gasteiger partial charge in [-0.1, -0.05) is 11.2 Å². The number of hydrogen-bond donors (Lipinski definition) is 1. The molecular weight excluding hydrogens is 344 g/mol. The van der Waals surface area contributed by atoms with E-state index in [2.05, 4.69) is 26.4 Å². The fraction of sp³-hybridized carbons (Fsp3) is 0.550. The van der Waals surface area contributed by atoms with Gasteiger partial charge in [-0.25, -0.2) is 0 Å². The van der Waals surface area contributed by atoms with Crippen LogP contribution in [-0.2, 0) is 11.3 Å². The smallest absolute Gasteiger partial charge is 0.290 e. The molecule has 2 saturated heterocycles. The molecule has 7 heteroatoms. The highest BCUT2D eigenvalue weighted by Crippen LogP contribution is 2.28. The first-order valence-electron chi connectivity index (χ1n) is 9.74. The molecule has 2 aliphatic heterocycles. The predicted molar refractivity (Wildman–Crippen MR) is 99.3 cm³/mol. The van der Waals surface area contributed by atoms with Crippen LogP contribution < -0.4 is 5.32 Å². The van der Waals surface area contributed by atoms with E-state index in [1.165, 1.54) is 5.56 Å². The molecule has 2 aliphatic rings. The zero-order chi connectivity index (χ0) is 18.5. The molecule has 2 fully saturated rings. The van der Waals surface area contributed by atoms with E-state index < -0.39 is 0 Å². The van der Waals surface area contributed by atoms with Gasteiger partial charge in [-0.3, -0.25) is 14.7 Å². The highest BCUT2D eigenvalue weighted by Gasteiger charge is 2.26. The molecule has 144 valence electrons. The Kier molecular flexibility index (Phi) is 5.79. The molecule has 0 aliphatic carbocycles. The molecule has 0 bridgehead atoms. The molecule has 0 radical (unpaired) electrons. The molecule has 1 amide bonds. The van der Waals surface area contributed by atoms with E-state index in [-0.39, 0.29) is 11.9 Å². The van der Waals surface area contributed by atoms with Crippen LogP contribution in [0.2, 0.25) is 0 Å². The fourth-order valence-corrected chi connectivity index (χ4v) is 3.84. The molecule has 0 spiro atoms. The minimum Gasteiger partial charge on any atom is -0.379 e. The molecule has 1 atom stereocenters. The third kappa shape index (κ3) is 4.73. The summed E-state index contributed by atoms with van der Waals surface area (Å²) in [5.41, 5.74) is 2.13. The van der Waals surface area contributed by atoms with Gasteiger partial charge in [-0.2, -0.15) is 0 Å². The zero-order valence-corrected chi connectivity index (χ0v) is 15.5. The molecule has 2 aromatic heterocycles. The van der Waals surface area contributed by atoms with Gasteiger partial charge in [0.25, 0.3) is 5.91 Å². The van der Waals surface area contributed by atoms with E-state index >= 15 is 0 Å². The standard InChI is InChI=1S/C20H26N4O3/c25-20(22-17-4-2-10-26-14-17)19-11-18(23-27-19)16-5-8-24(9-6-16)13-15-3-1-7-21-12-15/h1,3,7,11-12,16-17H,2,4-6,8-10,13-14H2,(H,22,25). The van der Waals surface area contributed by atoms with Crippen molar-refractivity contribution in [3.8, 4) is 0 Å². The Bertz CT molecular complexity index is 735. The van der Waals surface area contributed by atoms with Crippen molar-refractivity contribution in [2.75, 3.05) is 26.3 Å². The second-order valence-corrected chi connectivity index (χ2v) is 7.42. The lowest BCUT2D eigenvalue weighted by atomic mass is 9.93. The summed E-state index contributed by atoms with van der Waals surface area (Å²) in [5, 5.41) is 7.14. The lowest BCUT2D eigenvalue weighted by Gasteiger charge is -2.30. The number of nitrogens with one attached hydrogen (secondary N) is 1. The molecule has 7 nitrogen and oxygen atoms in total. The first-order valence-corrected chi connectivity index (χ1v) is 9.74. The highest BCUT2D eigenvalue weighted by atomic mass is 16.5. The van der Waals surface area contributed by atoms with Gasteiger partial charge in [0.1, 0.15) is 0 Å². The normalized spacial score (nSPS) is 21.9. The van der Waals surface area contributed by atoms with Gasteiger partial charge < -0.3 is 14.6 Å². The monoisotopic (exact) mass is 370 g/mol. The summed E-state index contributed by atoms with van der Waals surface area (Å²) in [6.45, 7) is 4.29. The summed E-state index contributed by atoms with van der Waals surface area (Å²) >= 11 is 0. The van der Waals surface area contributed by atoms with Crippen LogP contribution in [0.3, 0.4) is 0 Å². The largest absolute Gasteiger partial charge is 0.379 e. The van der Waals surface area contributed by atoms with Gasteiger partial charge in [0.15, 0.2) is 0 Å². The van der Waals surface area contributed by atoms with E-state index in [1.54, 1.807) is 12.3 Å². The Morgan fingerprint density at radius 1 is 1.30 bits per heavy atom. The lowest BCUT2D eigenvalue weighted by molar-refractivity contribution is 0.0608. The summed E-state index contributed by atoms with van der Waals surface area (Å²) in [7, 11) is 0. The van der Waals surface area contributed by atoms with Crippen molar-refractivity contribution in [1.29, 1.82) is 0 Å². The Balaban J connectivity index is 1.28. The van der Waals surface area contributed by atoms with Crippen LogP contribution in [0.15, 0.2) is 35.1 Å². The van der Waals surface area contributed by atoms with Crippen molar-refractivity contribution >= 4 is 5.91 Å². The van der Waals surface area contributed by atoms with Crippen LogP contribution in [0.25, 0.3) is 0 Å². The van der Waals surface area contributed by atoms with Gasteiger partial charge in [0.05, 0.1) is 18.3 Å². The first kappa shape index (κ1) is 18.1. The van der Waals surface area contributed by atoms with E-state index in [0.717, 1.165) is 57.6 Å². The summed E-state index contributed by atoms with van der Waals surface area (Å²) < 4.78 is 10.7. The van der Waals surface area contributed by atoms with E-state index in [0.29, 0.717) is 18.3 Å². The number of likely N-dealkylation sites (tertiary alicyclic amines) is 1. The number of ether oxygens (including phenoxy) is 1. The molecule has 4 heterocycles. The average molecular weight is 370 g/mol. The molecule has 1 N–H and O–H groups in total. The molecule has 4 rings (SSSR count). The number of carbonyl (C=O) groups is 1. The van der Waals surface area contributed by atoms with E-state index in [1.807, 2.05) is 12.3 Å². The minimum absolute atomic E-state index is 0.0653. The van der Waals surface area contributed by atoms with Crippen molar-refractivity contribution in [2.45, 2.75) is 44.2 Å². The topological polar surface area (TPSA) is 80.5 Å². The molecule has 0 saturated carbocycles. The minimum atomic E-state index is -0.196. The predicted octanol–water partition coefficient (Wildman–Crippen LogP) is 2.36. The molecule has 2 aromatic rings. The molecule has 1 unspecified atom stereocenters. The zero-order valence-electron chi connectivity index (χ0n) is 15.5. The van der Waals surface area contributed by atoms with Crippen LogP contribution in [0.4, 0.5) is 0 Å². The van der Waals surface area contributed by atoms with Crippen LogP contribution >= 0.6 is 0 Å². The highest BCUT2D eigenvalue weighted by molar-refractivity contribution is 5.91. The van der Waals surface area contributed by atoms with E-state index in [4.69, 9.17) is 9.26 Å². The number of hydrogen-bond acceptors (Lipinski definition) is 6. The van der Waals surface area contributed by atoms with Crippen molar-refractivity contribution in [3.05, 3.63) is 47.6 Å². The maximum absolute atomic E-state index is 12.3. The number of piperidine rings is 1. The molecule has 0 aromatic carbocycles. The van der Waals surface area contributed by atoms with Crippen molar-refractivity contribution in [1.82, 2.24) is 20.4 Å². The third-order valence-electron chi connectivity index (χ3n) is 5.38. The van der Waals surface area contributed by atoms with Gasteiger partial charge in [-0.15, -0.1) is 0 Å². The van der Waals surface area contributed by atoms with Gasteiger partial charge in [-0.05, 0) is 50.4 Å². The van der Waals surface area contributed by atoms with Crippen LogP contribution in [0.1, 0.15) is 53.4 Å². The maximum atomic E-state index is 12.3. The fourth-order valence-electron chi connectivity index (χ4n) is 3.84.